The highest BCUT2D eigenvalue weighted by atomic mass is 19.1. The average molecular weight is 517 g/mol. The minimum absolute atomic E-state index is 0.0185. The molecule has 0 radical (unpaired) electrons. The first-order chi connectivity index (χ1) is 18.4. The molecule has 1 fully saturated rings. The van der Waals surface area contributed by atoms with Crippen LogP contribution in [0, 0.1) is 18.7 Å². The second-order valence-corrected chi connectivity index (χ2v) is 10.0. The van der Waals surface area contributed by atoms with Gasteiger partial charge in [0.25, 0.3) is 5.91 Å². The number of rotatable bonds is 8. The van der Waals surface area contributed by atoms with Gasteiger partial charge in [0.15, 0.2) is 12.3 Å². The van der Waals surface area contributed by atoms with Crippen LogP contribution in [0.15, 0.2) is 54.6 Å². The summed E-state index contributed by atoms with van der Waals surface area (Å²) in [5.41, 5.74) is 2.27. The molecule has 2 aromatic heterocycles. The van der Waals surface area contributed by atoms with Crippen molar-refractivity contribution in [3.63, 3.8) is 0 Å². The van der Waals surface area contributed by atoms with Crippen molar-refractivity contribution in [1.82, 2.24) is 24.6 Å². The average Bonchev–Trinajstić information content (AvgIpc) is 3.27. The van der Waals surface area contributed by atoms with Crippen LogP contribution in [0.1, 0.15) is 31.8 Å². The maximum Gasteiger partial charge on any atom is 0.260 e. The number of anilines is 1. The molecule has 0 unspecified atom stereocenters. The number of para-hydroxylation sites is 1. The molecule has 0 bridgehead atoms. The zero-order chi connectivity index (χ0) is 26.6. The third-order valence-corrected chi connectivity index (χ3v) is 6.78. The Bertz CT molecular complexity index is 1400. The lowest BCUT2D eigenvalue weighted by Crippen LogP contribution is -2.50. The van der Waals surface area contributed by atoms with Crippen LogP contribution in [0.5, 0.6) is 5.75 Å². The molecule has 1 amide bonds. The Morgan fingerprint density at radius 3 is 2.39 bits per heavy atom. The fourth-order valence-electron chi connectivity index (χ4n) is 4.65. The van der Waals surface area contributed by atoms with E-state index in [-0.39, 0.29) is 18.3 Å². The van der Waals surface area contributed by atoms with Crippen molar-refractivity contribution in [2.75, 3.05) is 37.7 Å². The fourth-order valence-corrected chi connectivity index (χ4v) is 4.65. The fraction of sp³-hybridized carbons (Fsp3) is 0.379. The maximum atomic E-state index is 13.6. The molecule has 1 aliphatic heterocycles. The molecule has 2 aromatic carbocycles. The molecule has 0 atom stereocenters. The molecule has 0 N–H and O–H groups in total. The number of amides is 1. The summed E-state index contributed by atoms with van der Waals surface area (Å²) in [5.74, 6) is 2.49. The van der Waals surface area contributed by atoms with E-state index in [1.807, 2.05) is 42.2 Å². The Balaban J connectivity index is 1.39. The maximum absolute atomic E-state index is 13.6. The molecule has 9 heteroatoms. The van der Waals surface area contributed by atoms with Crippen LogP contribution >= 0.6 is 0 Å². The largest absolute Gasteiger partial charge is 0.484 e. The predicted molar refractivity (Wildman–Crippen MR) is 145 cm³/mol. The van der Waals surface area contributed by atoms with Crippen LogP contribution in [0.25, 0.3) is 16.7 Å². The van der Waals surface area contributed by atoms with Crippen LogP contribution in [-0.2, 0) is 11.2 Å². The van der Waals surface area contributed by atoms with E-state index < -0.39 is 0 Å². The first-order valence-electron chi connectivity index (χ1n) is 13.1. The first-order valence-corrected chi connectivity index (χ1v) is 13.1. The standard InChI is InChI=1S/C29H33FN6O2/c1-20(2)9-14-25-31-28(27-21(3)33-36(29(27)32-25)23-12-10-22(30)11-13-23)35-17-15-34(16-18-35)26(37)19-38-24-7-5-4-6-8-24/h4-8,10-13,20H,9,14-19H2,1-3H3. The smallest absolute Gasteiger partial charge is 0.260 e. The van der Waals surface area contributed by atoms with Gasteiger partial charge >= 0.3 is 0 Å². The molecular formula is C29H33FN6O2. The summed E-state index contributed by atoms with van der Waals surface area (Å²) in [5, 5.41) is 5.65. The highest BCUT2D eigenvalue weighted by molar-refractivity contribution is 5.91. The topological polar surface area (TPSA) is 76.4 Å². The highest BCUT2D eigenvalue weighted by Crippen LogP contribution is 2.30. The van der Waals surface area contributed by atoms with Crippen molar-refractivity contribution < 1.29 is 13.9 Å². The lowest BCUT2D eigenvalue weighted by atomic mass is 10.1. The number of fused-ring (bicyclic) bond motifs is 1. The third kappa shape index (κ3) is 5.61. The highest BCUT2D eigenvalue weighted by Gasteiger charge is 2.26. The molecule has 0 spiro atoms. The van der Waals surface area contributed by atoms with Crippen molar-refractivity contribution in [2.24, 2.45) is 5.92 Å². The van der Waals surface area contributed by atoms with Crippen molar-refractivity contribution >= 4 is 22.8 Å². The van der Waals surface area contributed by atoms with Gasteiger partial charge < -0.3 is 14.5 Å². The number of carbonyl (C=O) groups is 1. The van der Waals surface area contributed by atoms with Gasteiger partial charge in [0.1, 0.15) is 23.2 Å². The Labute approximate surface area is 222 Å². The Kier molecular flexibility index (Phi) is 7.53. The van der Waals surface area contributed by atoms with Crippen molar-refractivity contribution in [3.8, 4) is 11.4 Å². The number of aryl methyl sites for hydroxylation is 2. The molecule has 198 valence electrons. The second-order valence-electron chi connectivity index (χ2n) is 10.0. The number of piperazine rings is 1. The molecule has 0 saturated carbocycles. The van der Waals surface area contributed by atoms with E-state index in [1.54, 1.807) is 16.8 Å². The van der Waals surface area contributed by atoms with Gasteiger partial charge in [-0.25, -0.2) is 19.0 Å². The minimum Gasteiger partial charge on any atom is -0.484 e. The second kappa shape index (κ2) is 11.2. The van der Waals surface area contributed by atoms with Gasteiger partial charge in [0.2, 0.25) is 0 Å². The summed E-state index contributed by atoms with van der Waals surface area (Å²) in [7, 11) is 0. The number of ether oxygens (including phenoxy) is 1. The molecule has 5 rings (SSSR count). The number of nitrogens with zero attached hydrogens (tertiary/aromatic N) is 6. The van der Waals surface area contributed by atoms with Crippen LogP contribution in [0.3, 0.4) is 0 Å². The number of halogens is 1. The molecular weight excluding hydrogens is 483 g/mol. The van der Waals surface area contributed by atoms with E-state index in [0.29, 0.717) is 43.5 Å². The van der Waals surface area contributed by atoms with Crippen LogP contribution in [0.2, 0.25) is 0 Å². The van der Waals surface area contributed by atoms with Gasteiger partial charge in [-0.2, -0.15) is 5.10 Å². The predicted octanol–water partition coefficient (Wildman–Crippen LogP) is 4.58. The lowest BCUT2D eigenvalue weighted by Gasteiger charge is -2.35. The summed E-state index contributed by atoms with van der Waals surface area (Å²) >= 11 is 0. The molecule has 8 nitrogen and oxygen atoms in total. The van der Waals surface area contributed by atoms with Crippen molar-refractivity contribution in [2.45, 2.75) is 33.6 Å². The summed E-state index contributed by atoms with van der Waals surface area (Å²) in [6.45, 7) is 8.79. The molecule has 0 aliphatic carbocycles. The van der Waals surface area contributed by atoms with Gasteiger partial charge in [0, 0.05) is 32.6 Å². The SMILES string of the molecule is Cc1nn(-c2ccc(F)cc2)c2nc(CCC(C)C)nc(N3CCN(C(=O)COc4ccccc4)CC3)c12. The van der Waals surface area contributed by atoms with Gasteiger partial charge in [0.05, 0.1) is 16.8 Å². The molecule has 1 saturated heterocycles. The van der Waals surface area contributed by atoms with Gasteiger partial charge in [-0.05, 0) is 55.7 Å². The molecule has 3 heterocycles. The number of hydrogen-bond acceptors (Lipinski definition) is 6. The zero-order valence-corrected chi connectivity index (χ0v) is 22.1. The lowest BCUT2D eigenvalue weighted by molar-refractivity contribution is -0.133. The minimum atomic E-state index is -0.295. The van der Waals surface area contributed by atoms with Crippen LogP contribution in [-0.4, -0.2) is 63.3 Å². The van der Waals surface area contributed by atoms with Crippen molar-refractivity contribution in [1.29, 1.82) is 0 Å². The number of carbonyl (C=O) groups excluding carboxylic acids is 1. The van der Waals surface area contributed by atoms with E-state index in [1.165, 1.54) is 12.1 Å². The van der Waals surface area contributed by atoms with Gasteiger partial charge in [-0.15, -0.1) is 0 Å². The first kappa shape index (κ1) is 25.6. The normalized spacial score (nSPS) is 13.9. The third-order valence-electron chi connectivity index (χ3n) is 6.78. The summed E-state index contributed by atoms with van der Waals surface area (Å²) in [6.07, 6.45) is 1.72. The van der Waals surface area contributed by atoms with Crippen LogP contribution in [0.4, 0.5) is 10.2 Å². The molecule has 1 aliphatic rings. The van der Waals surface area contributed by atoms with Gasteiger partial charge in [-0.1, -0.05) is 32.0 Å². The van der Waals surface area contributed by atoms with E-state index in [9.17, 15) is 9.18 Å². The van der Waals surface area contributed by atoms with E-state index in [2.05, 4.69) is 18.7 Å². The zero-order valence-electron chi connectivity index (χ0n) is 22.1. The van der Waals surface area contributed by atoms with Crippen LogP contribution < -0.4 is 9.64 Å². The Morgan fingerprint density at radius 1 is 1.00 bits per heavy atom. The number of aromatic nitrogens is 4. The van der Waals surface area contributed by atoms with E-state index in [4.69, 9.17) is 19.8 Å². The number of hydrogen-bond donors (Lipinski definition) is 0. The monoisotopic (exact) mass is 516 g/mol. The van der Waals surface area contributed by atoms with Gasteiger partial charge in [-0.3, -0.25) is 4.79 Å². The summed E-state index contributed by atoms with van der Waals surface area (Å²) in [4.78, 5) is 26.7. The Morgan fingerprint density at radius 2 is 1.71 bits per heavy atom. The Hall–Kier alpha value is -4.01. The molecule has 38 heavy (non-hydrogen) atoms. The van der Waals surface area contributed by atoms with E-state index in [0.717, 1.165) is 41.3 Å². The summed E-state index contributed by atoms with van der Waals surface area (Å²) in [6, 6.07) is 15.6. The number of benzene rings is 2. The van der Waals surface area contributed by atoms with E-state index >= 15 is 0 Å². The quantitative estimate of drug-likeness (QED) is 0.341. The molecule has 4 aromatic rings. The van der Waals surface area contributed by atoms with Crippen molar-refractivity contribution in [3.05, 3.63) is 71.9 Å². The summed E-state index contributed by atoms with van der Waals surface area (Å²) < 4.78 is 21.0.